The van der Waals surface area contributed by atoms with Gasteiger partial charge in [0.25, 0.3) is 0 Å². The molecule has 0 radical (unpaired) electrons. The quantitative estimate of drug-likeness (QED) is 0.707. The van der Waals surface area contributed by atoms with Crippen molar-refractivity contribution in [3.63, 3.8) is 0 Å². The zero-order chi connectivity index (χ0) is 12.9. The second-order valence-electron chi connectivity index (χ2n) is 4.64. The van der Waals surface area contributed by atoms with Crippen molar-refractivity contribution in [2.75, 3.05) is 31.9 Å². The monoisotopic (exact) mass is 264 g/mol. The van der Waals surface area contributed by atoms with Gasteiger partial charge in [-0.15, -0.1) is 0 Å². The predicted molar refractivity (Wildman–Crippen MR) is 68.5 cm³/mol. The van der Waals surface area contributed by atoms with Gasteiger partial charge in [-0.05, 0) is 26.8 Å². The van der Waals surface area contributed by atoms with Crippen LogP contribution in [-0.4, -0.2) is 56.9 Å². The lowest BCUT2D eigenvalue weighted by Crippen LogP contribution is -2.49. The standard InChI is InChI=1S/C11H24N2O3S/c1-4-5-12-6-7-17(14,15)13-8-10(2)16-11(3)9-13/h10-12H,4-9H2,1-3H3/t10-,11+. The van der Waals surface area contributed by atoms with Gasteiger partial charge in [0.15, 0.2) is 0 Å². The number of hydrogen-bond acceptors (Lipinski definition) is 4. The number of morpholine rings is 1. The number of hydrogen-bond donors (Lipinski definition) is 1. The van der Waals surface area contributed by atoms with E-state index in [4.69, 9.17) is 4.74 Å². The Kier molecular flexibility index (Phi) is 5.85. The van der Waals surface area contributed by atoms with E-state index in [1.165, 1.54) is 0 Å². The van der Waals surface area contributed by atoms with Gasteiger partial charge in [-0.1, -0.05) is 6.92 Å². The molecule has 1 N–H and O–H groups in total. The van der Waals surface area contributed by atoms with Crippen LogP contribution < -0.4 is 5.32 Å². The van der Waals surface area contributed by atoms with Gasteiger partial charge in [0.1, 0.15) is 0 Å². The molecule has 1 rings (SSSR count). The predicted octanol–water partition coefficient (Wildman–Crippen LogP) is 0.425. The maximum Gasteiger partial charge on any atom is 0.215 e. The Morgan fingerprint density at radius 1 is 1.24 bits per heavy atom. The van der Waals surface area contributed by atoms with Crippen molar-refractivity contribution in [3.8, 4) is 0 Å². The molecule has 1 heterocycles. The van der Waals surface area contributed by atoms with Crippen LogP contribution in [-0.2, 0) is 14.8 Å². The summed E-state index contributed by atoms with van der Waals surface area (Å²) in [6.07, 6.45) is 0.986. The molecule has 6 heteroatoms. The lowest BCUT2D eigenvalue weighted by molar-refractivity contribution is -0.0440. The zero-order valence-corrected chi connectivity index (χ0v) is 11.8. The zero-order valence-electron chi connectivity index (χ0n) is 11.0. The molecule has 5 nitrogen and oxygen atoms in total. The largest absolute Gasteiger partial charge is 0.373 e. The minimum Gasteiger partial charge on any atom is -0.373 e. The Bertz CT molecular complexity index is 309. The highest BCUT2D eigenvalue weighted by molar-refractivity contribution is 7.89. The third-order valence-electron chi connectivity index (χ3n) is 2.74. The van der Waals surface area contributed by atoms with Gasteiger partial charge in [-0.25, -0.2) is 8.42 Å². The Hall–Kier alpha value is -0.170. The van der Waals surface area contributed by atoms with E-state index in [0.717, 1.165) is 13.0 Å². The lowest BCUT2D eigenvalue weighted by atomic mass is 10.3. The molecule has 1 fully saturated rings. The van der Waals surface area contributed by atoms with Crippen LogP contribution in [0.2, 0.25) is 0 Å². The highest BCUT2D eigenvalue weighted by Gasteiger charge is 2.30. The molecule has 17 heavy (non-hydrogen) atoms. The molecule has 0 unspecified atom stereocenters. The summed E-state index contributed by atoms with van der Waals surface area (Å²) in [6, 6.07) is 0. The Morgan fingerprint density at radius 3 is 2.35 bits per heavy atom. The number of ether oxygens (including phenoxy) is 1. The minimum absolute atomic E-state index is 0.0166. The van der Waals surface area contributed by atoms with Crippen molar-refractivity contribution in [1.82, 2.24) is 9.62 Å². The van der Waals surface area contributed by atoms with Crippen LogP contribution in [0, 0.1) is 0 Å². The Labute approximate surface area is 105 Å². The smallest absolute Gasteiger partial charge is 0.215 e. The number of sulfonamides is 1. The van der Waals surface area contributed by atoms with Crippen LogP contribution >= 0.6 is 0 Å². The molecular weight excluding hydrogens is 240 g/mol. The van der Waals surface area contributed by atoms with Crippen LogP contribution in [0.5, 0.6) is 0 Å². The molecule has 2 atom stereocenters. The Morgan fingerprint density at radius 2 is 1.82 bits per heavy atom. The van der Waals surface area contributed by atoms with Crippen molar-refractivity contribution in [2.45, 2.75) is 39.4 Å². The van der Waals surface area contributed by atoms with E-state index in [1.807, 2.05) is 13.8 Å². The molecule has 0 amide bonds. The van der Waals surface area contributed by atoms with Crippen molar-refractivity contribution in [1.29, 1.82) is 0 Å². The van der Waals surface area contributed by atoms with Crippen LogP contribution in [0.3, 0.4) is 0 Å². The van der Waals surface area contributed by atoms with E-state index in [-0.39, 0.29) is 18.0 Å². The van der Waals surface area contributed by atoms with E-state index >= 15 is 0 Å². The first-order chi connectivity index (χ1) is 7.95. The molecule has 1 saturated heterocycles. The van der Waals surface area contributed by atoms with Gasteiger partial charge < -0.3 is 10.1 Å². The van der Waals surface area contributed by atoms with Crippen molar-refractivity contribution in [2.24, 2.45) is 0 Å². The van der Waals surface area contributed by atoms with Gasteiger partial charge in [0.05, 0.1) is 18.0 Å². The van der Waals surface area contributed by atoms with E-state index in [2.05, 4.69) is 12.2 Å². The van der Waals surface area contributed by atoms with E-state index in [9.17, 15) is 8.42 Å². The maximum atomic E-state index is 12.1. The van der Waals surface area contributed by atoms with Crippen molar-refractivity contribution < 1.29 is 13.2 Å². The molecule has 1 aliphatic heterocycles. The molecule has 0 spiro atoms. The molecule has 0 aromatic heterocycles. The van der Waals surface area contributed by atoms with Gasteiger partial charge >= 0.3 is 0 Å². The second-order valence-corrected chi connectivity index (χ2v) is 6.73. The molecule has 0 aromatic rings. The molecule has 0 aliphatic carbocycles. The first-order valence-corrected chi connectivity index (χ1v) is 7.90. The molecule has 0 saturated carbocycles. The minimum atomic E-state index is -3.14. The summed E-state index contributed by atoms with van der Waals surface area (Å²) >= 11 is 0. The number of nitrogens with one attached hydrogen (secondary N) is 1. The van der Waals surface area contributed by atoms with Crippen LogP contribution in [0.4, 0.5) is 0 Å². The van der Waals surface area contributed by atoms with E-state index < -0.39 is 10.0 Å². The van der Waals surface area contributed by atoms with E-state index in [0.29, 0.717) is 19.6 Å². The fraction of sp³-hybridized carbons (Fsp3) is 1.00. The summed E-state index contributed by atoms with van der Waals surface area (Å²) in [6.45, 7) is 8.22. The van der Waals surface area contributed by atoms with E-state index in [1.54, 1.807) is 4.31 Å². The molecule has 0 bridgehead atoms. The summed E-state index contributed by atoms with van der Waals surface area (Å²) in [7, 11) is -3.14. The van der Waals surface area contributed by atoms with Crippen LogP contribution in [0.25, 0.3) is 0 Å². The fourth-order valence-corrected chi connectivity index (χ4v) is 3.52. The fourth-order valence-electron chi connectivity index (χ4n) is 1.99. The topological polar surface area (TPSA) is 58.6 Å². The van der Waals surface area contributed by atoms with Crippen molar-refractivity contribution in [3.05, 3.63) is 0 Å². The summed E-state index contributed by atoms with van der Waals surface area (Å²) in [4.78, 5) is 0. The van der Waals surface area contributed by atoms with Gasteiger partial charge in [-0.3, -0.25) is 0 Å². The highest BCUT2D eigenvalue weighted by Crippen LogP contribution is 2.14. The lowest BCUT2D eigenvalue weighted by Gasteiger charge is -2.34. The number of nitrogens with zero attached hydrogens (tertiary/aromatic N) is 1. The molecular formula is C11H24N2O3S. The van der Waals surface area contributed by atoms with Crippen LogP contribution in [0.1, 0.15) is 27.2 Å². The Balaban J connectivity index is 2.45. The average Bonchev–Trinajstić information content (AvgIpc) is 2.23. The second kappa shape index (κ2) is 6.68. The third-order valence-corrected chi connectivity index (χ3v) is 4.55. The molecule has 102 valence electrons. The average molecular weight is 264 g/mol. The summed E-state index contributed by atoms with van der Waals surface area (Å²) in [5, 5.41) is 3.12. The van der Waals surface area contributed by atoms with Crippen LogP contribution in [0.15, 0.2) is 0 Å². The normalized spacial score (nSPS) is 27.2. The summed E-state index contributed by atoms with van der Waals surface area (Å²) in [5.74, 6) is 0.173. The van der Waals surface area contributed by atoms with Gasteiger partial charge in [0, 0.05) is 19.6 Å². The van der Waals surface area contributed by atoms with Gasteiger partial charge in [-0.2, -0.15) is 4.31 Å². The maximum absolute atomic E-state index is 12.1. The van der Waals surface area contributed by atoms with Crippen molar-refractivity contribution >= 4 is 10.0 Å². The molecule has 1 aliphatic rings. The first kappa shape index (κ1) is 14.9. The summed E-state index contributed by atoms with van der Waals surface area (Å²) in [5.41, 5.74) is 0. The number of rotatable bonds is 6. The third kappa shape index (κ3) is 4.91. The SMILES string of the molecule is CCCNCCS(=O)(=O)N1C[C@@H](C)O[C@@H](C)C1. The highest BCUT2D eigenvalue weighted by atomic mass is 32.2. The molecule has 0 aromatic carbocycles. The summed E-state index contributed by atoms with van der Waals surface area (Å²) < 4.78 is 31.2. The first-order valence-electron chi connectivity index (χ1n) is 6.29. The van der Waals surface area contributed by atoms with Gasteiger partial charge in [0.2, 0.25) is 10.0 Å².